The summed E-state index contributed by atoms with van der Waals surface area (Å²) in [7, 11) is 0. The molecule has 0 aromatic heterocycles. The molecule has 0 unspecified atom stereocenters. The van der Waals surface area contributed by atoms with Crippen molar-refractivity contribution < 1.29 is 10.1 Å². The van der Waals surface area contributed by atoms with Gasteiger partial charge in [0, 0.05) is 29.4 Å². The molecule has 1 saturated heterocycles. The Morgan fingerprint density at radius 2 is 1.75 bits per heavy atom. The van der Waals surface area contributed by atoms with Crippen molar-refractivity contribution in [1.29, 1.82) is 0 Å². The standard InChI is InChI=1S/C22H27N5O5/c28-20-16-5-4-15(26(30)31)14-17(16)21(29)19-18(20)23-27(32)25(19)11-3-10-24-12-8-22(9-13-24)6-1-2-7-22/h4-5,14,23,32H,1-3,6-13H2. The van der Waals surface area contributed by atoms with Gasteiger partial charge >= 0.3 is 0 Å². The van der Waals surface area contributed by atoms with Crippen molar-refractivity contribution in [2.24, 2.45) is 5.41 Å². The number of H-pyrrole nitrogens is 1. The van der Waals surface area contributed by atoms with Crippen LogP contribution in [0, 0.1) is 26.2 Å². The number of nitrogens with zero attached hydrogens (tertiary/aromatic N) is 4. The van der Waals surface area contributed by atoms with Crippen molar-refractivity contribution >= 4 is 16.5 Å². The molecule has 2 N–H and O–H groups in total. The van der Waals surface area contributed by atoms with Gasteiger partial charge in [-0.3, -0.25) is 19.7 Å². The molecule has 0 radical (unpaired) electrons. The number of nitrogens with one attached hydrogen (secondary N) is 1. The molecule has 4 aliphatic rings. The number of benzene rings is 1. The molecule has 10 nitrogen and oxygen atoms in total. The molecule has 2 fully saturated rings. The third-order valence-electron chi connectivity index (χ3n) is 7.51. The second-order valence-electron chi connectivity index (χ2n) is 9.30. The smallest absolute Gasteiger partial charge is 0.270 e. The highest BCUT2D eigenvalue weighted by atomic mass is 16.6. The predicted molar refractivity (Wildman–Crippen MR) is 117 cm³/mol. The van der Waals surface area contributed by atoms with Crippen LogP contribution in [-0.4, -0.2) is 49.4 Å². The summed E-state index contributed by atoms with van der Waals surface area (Å²) in [6.07, 6.45) is 8.59. The molecule has 0 amide bonds. The number of aromatic nitrogens is 3. The van der Waals surface area contributed by atoms with Crippen molar-refractivity contribution in [2.75, 3.05) is 19.6 Å². The summed E-state index contributed by atoms with van der Waals surface area (Å²) < 4.78 is 1.35. The number of aromatic amines is 1. The Labute approximate surface area is 182 Å². The minimum atomic E-state index is -0.598. The fraction of sp³-hybridized carbons (Fsp3) is 0.545. The van der Waals surface area contributed by atoms with Crippen LogP contribution in [0.3, 0.4) is 0 Å². The van der Waals surface area contributed by atoms with Crippen LogP contribution >= 0.6 is 0 Å². The zero-order chi connectivity index (χ0) is 22.5. The molecule has 10 heteroatoms. The molecule has 32 heavy (non-hydrogen) atoms. The van der Waals surface area contributed by atoms with Crippen LogP contribution in [0.2, 0.25) is 0 Å². The lowest BCUT2D eigenvalue weighted by Crippen LogP contribution is -2.39. The first-order valence-electron chi connectivity index (χ1n) is 11.3. The zero-order valence-corrected chi connectivity index (χ0v) is 17.9. The highest BCUT2D eigenvalue weighted by Gasteiger charge is 2.36. The molecular weight excluding hydrogens is 414 g/mol. The normalized spacial score (nSPS) is 18.8. The molecule has 2 aliphatic carbocycles. The third kappa shape index (κ3) is 3.38. The molecule has 1 aromatic rings. The van der Waals surface area contributed by atoms with Gasteiger partial charge in [0.2, 0.25) is 10.9 Å². The molecule has 0 atom stereocenters. The van der Waals surface area contributed by atoms with Crippen LogP contribution in [0.15, 0.2) is 27.8 Å². The van der Waals surface area contributed by atoms with Crippen LogP contribution in [0.5, 0.6) is 0 Å². The Hall–Kier alpha value is -3.14. The summed E-state index contributed by atoms with van der Waals surface area (Å²) in [5.74, 6) is 0. The average molecular weight is 441 g/mol. The van der Waals surface area contributed by atoms with Crippen LogP contribution in [0.1, 0.15) is 44.9 Å². The molecular formula is C22H27N5O5. The lowest BCUT2D eigenvalue weighted by Gasteiger charge is -2.39. The van der Waals surface area contributed by atoms with Crippen LogP contribution in [0.25, 0.3) is 10.8 Å². The molecule has 5 rings (SSSR count). The number of likely N-dealkylation sites (tertiary alicyclic amines) is 1. The summed E-state index contributed by atoms with van der Waals surface area (Å²) in [6, 6.07) is 3.62. The van der Waals surface area contributed by atoms with E-state index in [9.17, 15) is 24.9 Å². The monoisotopic (exact) mass is 441 g/mol. The van der Waals surface area contributed by atoms with E-state index >= 15 is 0 Å². The SMILES string of the molecule is O=c1c2[nH]n(O)n(CCCN3CCC4(CCCC4)CC3)c=2c(=O)c2cc([N+](=O)[O-])ccc12. The highest BCUT2D eigenvalue weighted by molar-refractivity contribution is 5.84. The topological polar surface area (TPSA) is 126 Å². The van der Waals surface area contributed by atoms with Gasteiger partial charge in [-0.2, -0.15) is 0 Å². The van der Waals surface area contributed by atoms with Gasteiger partial charge in [0.25, 0.3) is 5.69 Å². The summed E-state index contributed by atoms with van der Waals surface area (Å²) in [4.78, 5) is 39.6. The maximum absolute atomic E-state index is 13.1. The molecule has 2 heterocycles. The Morgan fingerprint density at radius 1 is 1.03 bits per heavy atom. The second kappa shape index (κ2) is 7.77. The van der Waals surface area contributed by atoms with E-state index < -0.39 is 15.8 Å². The molecule has 0 bridgehead atoms. The number of nitro benzene ring substituents is 1. The molecule has 170 valence electrons. The van der Waals surface area contributed by atoms with Gasteiger partial charge in [0.05, 0.1) is 4.92 Å². The van der Waals surface area contributed by atoms with E-state index in [1.165, 1.54) is 55.3 Å². The van der Waals surface area contributed by atoms with E-state index in [1.54, 1.807) is 0 Å². The van der Waals surface area contributed by atoms with E-state index in [1.807, 2.05) is 0 Å². The summed E-state index contributed by atoms with van der Waals surface area (Å²) in [6.45, 7) is 3.33. The lowest BCUT2D eigenvalue weighted by molar-refractivity contribution is -0.384. The van der Waals surface area contributed by atoms with Crippen molar-refractivity contribution in [3.8, 4) is 0 Å². The first kappa shape index (κ1) is 20.7. The first-order chi connectivity index (χ1) is 15.4. The zero-order valence-electron chi connectivity index (χ0n) is 17.9. The Kier molecular flexibility index (Phi) is 5.04. The first-order valence-corrected chi connectivity index (χ1v) is 11.3. The number of hydrogen-bond acceptors (Lipinski definition) is 6. The average Bonchev–Trinajstić information content (AvgIpc) is 3.38. The van der Waals surface area contributed by atoms with Crippen LogP contribution in [-0.2, 0) is 6.54 Å². The highest BCUT2D eigenvalue weighted by Crippen LogP contribution is 2.46. The number of piperidine rings is 1. The minimum Gasteiger partial charge on any atom is -0.399 e. The van der Waals surface area contributed by atoms with Gasteiger partial charge in [0.1, 0.15) is 10.7 Å². The molecule has 1 aromatic carbocycles. The maximum atomic E-state index is 13.1. The predicted octanol–water partition coefficient (Wildman–Crippen LogP) is 2.41. The number of hydrogen-bond donors (Lipinski definition) is 2. The summed E-state index contributed by atoms with van der Waals surface area (Å²) in [5, 5.41) is 24.1. The van der Waals surface area contributed by atoms with Crippen LogP contribution in [0.4, 0.5) is 5.69 Å². The molecule has 1 spiro atoms. The van der Waals surface area contributed by atoms with E-state index in [0.717, 1.165) is 25.7 Å². The van der Waals surface area contributed by atoms with Crippen molar-refractivity contribution in [2.45, 2.75) is 51.5 Å². The number of non-ortho nitro benzene ring substituents is 1. The number of rotatable bonds is 5. The van der Waals surface area contributed by atoms with E-state index in [2.05, 4.69) is 10.00 Å². The lowest BCUT2D eigenvalue weighted by atomic mass is 9.77. The third-order valence-corrected chi connectivity index (χ3v) is 7.51. The van der Waals surface area contributed by atoms with Crippen LogP contribution < -0.4 is 10.9 Å². The van der Waals surface area contributed by atoms with E-state index in [-0.39, 0.29) is 27.2 Å². The van der Waals surface area contributed by atoms with E-state index in [4.69, 9.17) is 0 Å². The van der Waals surface area contributed by atoms with Crippen molar-refractivity contribution in [3.05, 3.63) is 59.5 Å². The Bertz CT molecular complexity index is 1350. The van der Waals surface area contributed by atoms with Gasteiger partial charge in [-0.15, -0.1) is 0 Å². The second-order valence-corrected chi connectivity index (χ2v) is 9.30. The van der Waals surface area contributed by atoms with Crippen molar-refractivity contribution in [3.63, 3.8) is 0 Å². The Morgan fingerprint density at radius 3 is 2.44 bits per heavy atom. The maximum Gasteiger partial charge on any atom is 0.270 e. The summed E-state index contributed by atoms with van der Waals surface area (Å²) in [5.41, 5.74) is -0.674. The number of nitro groups is 1. The number of fused-ring (bicyclic) bond motifs is 1. The van der Waals surface area contributed by atoms with Gasteiger partial charge < -0.3 is 10.1 Å². The summed E-state index contributed by atoms with van der Waals surface area (Å²) >= 11 is 0. The van der Waals surface area contributed by atoms with Gasteiger partial charge in [-0.1, -0.05) is 17.8 Å². The van der Waals surface area contributed by atoms with E-state index in [0.29, 0.717) is 23.3 Å². The van der Waals surface area contributed by atoms with Crippen molar-refractivity contribution in [1.82, 2.24) is 19.6 Å². The molecule has 2 aliphatic heterocycles. The fourth-order valence-corrected chi connectivity index (χ4v) is 5.65. The quantitative estimate of drug-likeness (QED) is 0.356. The van der Waals surface area contributed by atoms with Gasteiger partial charge in [-0.05, 0) is 63.2 Å². The largest absolute Gasteiger partial charge is 0.399 e. The fourth-order valence-electron chi connectivity index (χ4n) is 5.65. The minimum absolute atomic E-state index is 0.000000716. The molecule has 1 saturated carbocycles. The van der Waals surface area contributed by atoms with Gasteiger partial charge in [0.15, 0.2) is 0 Å². The van der Waals surface area contributed by atoms with Gasteiger partial charge in [-0.25, -0.2) is 9.78 Å². The Balaban J connectivity index is 1.40.